The molecule has 3 amide bonds. The second-order valence-electron chi connectivity index (χ2n) is 33.0. The van der Waals surface area contributed by atoms with Gasteiger partial charge in [0.05, 0.1) is 96.5 Å². The van der Waals surface area contributed by atoms with Crippen molar-refractivity contribution in [2.75, 3.05) is 66.1 Å². The Balaban J connectivity index is 0.00000608. The van der Waals surface area contributed by atoms with E-state index in [1.54, 1.807) is 13.8 Å². The standard InChI is InChI=1S/C72H123N3O50.CO2/c1-18(2)57-36(74-21(5)84)46(96)59(28(12-80)110-57)120-66-37(75-22(6)85)47(97)60(30(14-82)115-66)122-71-56(106)63(45(95)33(118-71)17-109-68-55(105)62(123-69-53(103)49(99)41(91)26(10-78)112-69)44(94)32(116-68)16-108-67-52(102)48(98)40(90)25(9-77)111-67)124-72-64(51(101)42(92)27(11-79)113-72)125-65-19(3)38(88)58(29(13-81)114-65)121-70-54(104)50(100)43(93)31(117-70)15-107-34-7-23(86)35(73-20(4)83)61(119-34)39(89)24(87)8-76;2-1-3/h18-19,23-72,76-82,86-106H,7-17H2,1-6H3,(H,73,83)(H,74,84)(H,75,85);/t19?,23?,24?,25?,26-,27?,28?,29?,30?,31?,32?,33?,34-,35+,36?,37?,38+,39?,40+,41+,42+,43-,44+,45+,46+,47+,48-,49?,50-,51-,52+,53?,54?,55+,56?,57-,58+,59+,60+,61?,62-,63-,64?,65-,66-,67?,68?,69?,70-,71-,72+;/m0./s1. The molecule has 10 aliphatic heterocycles. The molecular weight excluding hydrogens is 1750 g/mol. The first-order chi connectivity index (χ1) is 60.5. The largest absolute Gasteiger partial charge is 0.394 e. The van der Waals surface area contributed by atoms with Crippen molar-refractivity contribution in [3.63, 3.8) is 0 Å². The highest BCUT2D eigenvalue weighted by Crippen LogP contribution is 2.41. The molecule has 55 heteroatoms. The molecule has 742 valence electrons. The molecule has 0 bridgehead atoms. The summed E-state index contributed by atoms with van der Waals surface area (Å²) in [7, 11) is 0. The molecule has 128 heavy (non-hydrogen) atoms. The van der Waals surface area contributed by atoms with Gasteiger partial charge in [-0.2, -0.15) is 9.59 Å². The van der Waals surface area contributed by atoms with Gasteiger partial charge in [0.1, 0.15) is 220 Å². The molecule has 0 saturated carbocycles. The summed E-state index contributed by atoms with van der Waals surface area (Å²) in [6.07, 6.45) is -93.9. The van der Waals surface area contributed by atoms with E-state index in [1.807, 2.05) is 0 Å². The van der Waals surface area contributed by atoms with Gasteiger partial charge in [0.15, 0.2) is 56.6 Å². The van der Waals surface area contributed by atoms with Crippen LogP contribution in [0.1, 0.15) is 48.0 Å². The van der Waals surface area contributed by atoms with Gasteiger partial charge in [0.2, 0.25) is 17.7 Å². The first kappa shape index (κ1) is 108. The van der Waals surface area contributed by atoms with E-state index in [4.69, 9.17) is 99.6 Å². The molecule has 0 spiro atoms. The molecule has 0 radical (unpaired) electrons. The highest BCUT2D eigenvalue weighted by molar-refractivity contribution is 5.74. The van der Waals surface area contributed by atoms with Crippen LogP contribution in [-0.2, 0) is 114 Å². The molecule has 51 atom stereocenters. The second-order valence-corrected chi connectivity index (χ2v) is 33.0. The monoisotopic (exact) mass is 1870 g/mol. The number of hydrogen-bond acceptors (Lipinski definition) is 52. The highest BCUT2D eigenvalue weighted by Gasteiger charge is 2.61. The number of aliphatic hydroxyl groups is 28. The highest BCUT2D eigenvalue weighted by atomic mass is 16.8. The van der Waals surface area contributed by atoms with Crippen LogP contribution in [0.4, 0.5) is 0 Å². The minimum absolute atomic E-state index is 0.250. The maximum Gasteiger partial charge on any atom is 0.373 e. The van der Waals surface area contributed by atoms with E-state index in [0.717, 1.165) is 20.8 Å². The Kier molecular flexibility index (Phi) is 40.4. The second kappa shape index (κ2) is 48.1. The van der Waals surface area contributed by atoms with Crippen molar-refractivity contribution in [2.24, 2.45) is 11.8 Å². The molecule has 10 aliphatic rings. The zero-order valence-corrected chi connectivity index (χ0v) is 69.6. The minimum atomic E-state index is -2.55. The van der Waals surface area contributed by atoms with Gasteiger partial charge in [0, 0.05) is 33.1 Å². The van der Waals surface area contributed by atoms with Gasteiger partial charge in [-0.1, -0.05) is 20.8 Å². The smallest absolute Gasteiger partial charge is 0.373 e. The first-order valence-corrected chi connectivity index (χ1v) is 41.2. The number of amides is 3. The lowest BCUT2D eigenvalue weighted by Gasteiger charge is -2.51. The van der Waals surface area contributed by atoms with Crippen LogP contribution >= 0.6 is 0 Å². The van der Waals surface area contributed by atoms with Crippen LogP contribution in [0, 0.1) is 11.8 Å². The van der Waals surface area contributed by atoms with Crippen molar-refractivity contribution < 1.29 is 257 Å². The van der Waals surface area contributed by atoms with Crippen molar-refractivity contribution in [1.29, 1.82) is 0 Å². The van der Waals surface area contributed by atoms with E-state index in [2.05, 4.69) is 16.0 Å². The lowest BCUT2D eigenvalue weighted by Crippen LogP contribution is -2.70. The van der Waals surface area contributed by atoms with Crippen LogP contribution in [0.15, 0.2) is 0 Å². The number of hydrogen-bond donors (Lipinski definition) is 31. The molecule has 55 nitrogen and oxygen atoms in total. The first-order valence-electron chi connectivity index (χ1n) is 41.2. The van der Waals surface area contributed by atoms with E-state index >= 15 is 0 Å². The summed E-state index contributed by atoms with van der Waals surface area (Å²) in [4.78, 5) is 53.9. The van der Waals surface area contributed by atoms with Gasteiger partial charge in [-0.15, -0.1) is 0 Å². The predicted octanol–water partition coefficient (Wildman–Crippen LogP) is -20.2. The average Bonchev–Trinajstić information content (AvgIpc) is 0.762. The molecule has 0 aromatic heterocycles. The summed E-state index contributed by atoms with van der Waals surface area (Å²) >= 11 is 0. The Hall–Kier alpha value is -4.09. The lowest BCUT2D eigenvalue weighted by molar-refractivity contribution is -0.400. The molecule has 0 aromatic rings. The Labute approximate surface area is 727 Å². The van der Waals surface area contributed by atoms with E-state index < -0.39 is 409 Å². The normalized spacial score (nSPS) is 47.8. The van der Waals surface area contributed by atoms with Crippen molar-refractivity contribution >= 4 is 23.9 Å². The summed E-state index contributed by atoms with van der Waals surface area (Å²) in [5.41, 5.74) is 0. The fourth-order valence-corrected chi connectivity index (χ4v) is 16.6. The van der Waals surface area contributed by atoms with Crippen LogP contribution in [0.3, 0.4) is 0 Å². The van der Waals surface area contributed by atoms with Crippen LogP contribution in [0.25, 0.3) is 0 Å². The van der Waals surface area contributed by atoms with Gasteiger partial charge in [-0.3, -0.25) is 14.4 Å². The van der Waals surface area contributed by atoms with Gasteiger partial charge < -0.3 is 249 Å². The van der Waals surface area contributed by atoms with Crippen LogP contribution < -0.4 is 16.0 Å². The average molecular weight is 1870 g/mol. The SMILES string of the molecule is CC(=O)NC1[C@H](O[C@@H]2C(CO)O[C@@H](C(C)C)C(NC(C)=O)[C@H]2O)OC(CO)[C@@H](O[C@@H]2OC(COC3OC(COC4OC(CO)[C@@H](O)[C@H](O)[C@H]4O)[C@@H](O)[C@H](OC4O[C@@H](CO)[C@@H](O)C(O)C4O)[C@H]3O)[C@@H](O)[C@H](O[C@H]3OC(CO)[C@@H](O)[C@H](O)C3O[C@@H]3OC(CO)[C@@H](O[C@@H]4OC(CO[C@@H]5CC(O)[C@@H](NC(C)=O)C(C(O)C(O)CO)O5)[C@H](O)[C@H](O)C4O)[C@H](O)C3C)C2O)[C@@H]1O.O=C=O. The van der Waals surface area contributed by atoms with Crippen molar-refractivity contribution in [3.05, 3.63) is 0 Å². The number of carbonyl (C=O) groups excluding carboxylic acids is 5. The predicted molar refractivity (Wildman–Crippen MR) is 396 cm³/mol. The van der Waals surface area contributed by atoms with Gasteiger partial charge >= 0.3 is 6.15 Å². The van der Waals surface area contributed by atoms with E-state index in [0.29, 0.717) is 0 Å². The quantitative estimate of drug-likeness (QED) is 0.0284. The van der Waals surface area contributed by atoms with Crippen molar-refractivity contribution in [2.45, 2.75) is 355 Å². The van der Waals surface area contributed by atoms with Crippen LogP contribution in [0.2, 0.25) is 0 Å². The van der Waals surface area contributed by atoms with Crippen LogP contribution in [0.5, 0.6) is 0 Å². The van der Waals surface area contributed by atoms with Crippen molar-refractivity contribution in [3.8, 4) is 0 Å². The summed E-state index contributed by atoms with van der Waals surface area (Å²) in [6.45, 7) is -2.38. The zero-order valence-electron chi connectivity index (χ0n) is 69.6. The summed E-state index contributed by atoms with van der Waals surface area (Å²) in [6, 6.07) is -4.45. The van der Waals surface area contributed by atoms with E-state index in [9.17, 15) is 157 Å². The molecule has 0 aliphatic carbocycles. The Bertz CT molecular complexity index is 3410. The fraction of sp³-hybridized carbons (Fsp3) is 0.945. The summed E-state index contributed by atoms with van der Waals surface area (Å²) < 4.78 is 113. The minimum Gasteiger partial charge on any atom is -0.394 e. The maximum absolute atomic E-state index is 13.1. The Morgan fingerprint density at radius 3 is 1.13 bits per heavy atom. The zero-order chi connectivity index (χ0) is 94.8. The number of nitrogens with one attached hydrogen (secondary N) is 3. The fourth-order valence-electron chi connectivity index (χ4n) is 16.6. The number of ether oxygens (including phenoxy) is 19. The summed E-state index contributed by atoms with van der Waals surface area (Å²) in [5, 5.41) is 320. The topological polar surface area (TPSA) is 863 Å². The third-order valence-electron chi connectivity index (χ3n) is 23.7. The van der Waals surface area contributed by atoms with E-state index in [1.165, 1.54) is 6.92 Å². The number of carbonyl (C=O) groups is 3. The maximum atomic E-state index is 13.1. The van der Waals surface area contributed by atoms with Crippen LogP contribution in [-0.4, -0.2) is 540 Å². The molecule has 31 N–H and O–H groups in total. The molecule has 10 heterocycles. The van der Waals surface area contributed by atoms with Crippen molar-refractivity contribution in [1.82, 2.24) is 16.0 Å². The number of aliphatic hydroxyl groups excluding tert-OH is 28. The molecule has 23 unspecified atom stereocenters. The summed E-state index contributed by atoms with van der Waals surface area (Å²) in [5.74, 6) is -4.12. The number of rotatable bonds is 34. The molecule has 10 saturated heterocycles. The van der Waals surface area contributed by atoms with Gasteiger partial charge in [-0.25, -0.2) is 0 Å². The van der Waals surface area contributed by atoms with Gasteiger partial charge in [0.25, 0.3) is 0 Å². The third kappa shape index (κ3) is 24.6. The molecular formula is C73H123N3O52. The lowest BCUT2D eigenvalue weighted by atomic mass is 9.87. The Morgan fingerprint density at radius 1 is 0.328 bits per heavy atom. The van der Waals surface area contributed by atoms with Gasteiger partial charge in [-0.05, 0) is 5.92 Å². The Morgan fingerprint density at radius 2 is 0.656 bits per heavy atom. The third-order valence-corrected chi connectivity index (χ3v) is 23.7. The van der Waals surface area contributed by atoms with E-state index in [-0.39, 0.29) is 6.15 Å². The molecule has 10 rings (SSSR count). The molecule has 0 aromatic carbocycles. The molecule has 10 fully saturated rings.